The lowest BCUT2D eigenvalue weighted by Gasteiger charge is -2.26. The molecule has 20 heavy (non-hydrogen) atoms. The second-order valence-electron chi connectivity index (χ2n) is 5.62. The molecule has 0 aliphatic carbocycles. The van der Waals surface area contributed by atoms with Crippen LogP contribution >= 0.6 is 0 Å². The smallest absolute Gasteiger partial charge is 0.323 e. The van der Waals surface area contributed by atoms with Crippen molar-refractivity contribution >= 4 is 5.97 Å². The van der Waals surface area contributed by atoms with Crippen molar-refractivity contribution in [2.45, 2.75) is 50.9 Å². The molecule has 1 fully saturated rings. The molecule has 4 unspecified atom stereocenters. The summed E-state index contributed by atoms with van der Waals surface area (Å²) in [6.45, 7) is 1.73. The largest absolute Gasteiger partial charge is 0.459 e. The number of hydrogen-bond donors (Lipinski definition) is 2. The van der Waals surface area contributed by atoms with Crippen molar-refractivity contribution in [2.75, 3.05) is 0 Å². The van der Waals surface area contributed by atoms with E-state index in [-0.39, 0.29) is 5.92 Å². The van der Waals surface area contributed by atoms with Gasteiger partial charge in [0.05, 0.1) is 6.10 Å². The molecule has 1 aromatic rings. The standard InChI is InChI=1S/C16H23NO3/c1-11-15(18)13(10-12-6-3-2-4-7-12)8-5-9-14(17)16(19)20-11/h2-4,6-7,11,13-15,18H,5,8-10,17H2,1H3. The Morgan fingerprint density at radius 2 is 2.00 bits per heavy atom. The second kappa shape index (κ2) is 6.86. The molecule has 0 saturated carbocycles. The van der Waals surface area contributed by atoms with Crippen LogP contribution in [0.15, 0.2) is 30.3 Å². The third kappa shape index (κ3) is 3.81. The Bertz CT molecular complexity index is 435. The molecule has 0 aromatic heterocycles. The molecule has 110 valence electrons. The third-order valence-corrected chi connectivity index (χ3v) is 4.00. The van der Waals surface area contributed by atoms with E-state index in [1.54, 1.807) is 6.92 Å². The van der Waals surface area contributed by atoms with Crippen LogP contribution in [0.1, 0.15) is 31.7 Å². The molecule has 1 aliphatic rings. The fraction of sp³-hybridized carbons (Fsp3) is 0.562. The fourth-order valence-corrected chi connectivity index (χ4v) is 2.75. The number of nitrogens with two attached hydrogens (primary N) is 1. The molecule has 4 atom stereocenters. The number of benzene rings is 1. The van der Waals surface area contributed by atoms with Crippen LogP contribution in [0.5, 0.6) is 0 Å². The van der Waals surface area contributed by atoms with Gasteiger partial charge in [-0.15, -0.1) is 0 Å². The van der Waals surface area contributed by atoms with Crippen LogP contribution in [0.2, 0.25) is 0 Å². The Labute approximate surface area is 119 Å². The number of aliphatic hydroxyl groups excluding tert-OH is 1. The molecular weight excluding hydrogens is 254 g/mol. The number of aliphatic hydroxyl groups is 1. The summed E-state index contributed by atoms with van der Waals surface area (Å²) in [6, 6.07) is 9.52. The molecule has 0 radical (unpaired) electrons. The van der Waals surface area contributed by atoms with E-state index in [9.17, 15) is 9.90 Å². The molecule has 1 saturated heterocycles. The molecule has 0 amide bonds. The summed E-state index contributed by atoms with van der Waals surface area (Å²) in [6.07, 6.45) is 1.93. The lowest BCUT2D eigenvalue weighted by atomic mass is 9.87. The van der Waals surface area contributed by atoms with Crippen LogP contribution in [0.4, 0.5) is 0 Å². The molecule has 4 heteroatoms. The van der Waals surface area contributed by atoms with Crippen LogP contribution < -0.4 is 5.73 Å². The van der Waals surface area contributed by atoms with Gasteiger partial charge in [0, 0.05) is 0 Å². The third-order valence-electron chi connectivity index (χ3n) is 4.00. The SMILES string of the molecule is CC1OC(=O)C(N)CCCC(Cc2ccccc2)C1O. The van der Waals surface area contributed by atoms with Gasteiger partial charge in [0.1, 0.15) is 12.1 Å². The van der Waals surface area contributed by atoms with Gasteiger partial charge in [0.15, 0.2) is 0 Å². The van der Waals surface area contributed by atoms with Gasteiger partial charge in [0.2, 0.25) is 0 Å². The van der Waals surface area contributed by atoms with Gasteiger partial charge in [-0.05, 0) is 37.7 Å². The molecule has 3 N–H and O–H groups in total. The summed E-state index contributed by atoms with van der Waals surface area (Å²) in [7, 11) is 0. The van der Waals surface area contributed by atoms with Crippen LogP contribution in [-0.4, -0.2) is 29.3 Å². The number of carbonyl (C=O) groups is 1. The molecule has 4 nitrogen and oxygen atoms in total. The summed E-state index contributed by atoms with van der Waals surface area (Å²) in [5.41, 5.74) is 6.96. The van der Waals surface area contributed by atoms with E-state index in [0.29, 0.717) is 6.42 Å². The highest BCUT2D eigenvalue weighted by molar-refractivity contribution is 5.75. The van der Waals surface area contributed by atoms with Gasteiger partial charge < -0.3 is 15.6 Å². The summed E-state index contributed by atoms with van der Waals surface area (Å²) in [4.78, 5) is 11.7. The van der Waals surface area contributed by atoms with Crippen molar-refractivity contribution in [1.82, 2.24) is 0 Å². The number of ether oxygens (including phenoxy) is 1. The van der Waals surface area contributed by atoms with E-state index in [1.807, 2.05) is 18.2 Å². The second-order valence-corrected chi connectivity index (χ2v) is 5.62. The van der Waals surface area contributed by atoms with Crippen LogP contribution in [0.25, 0.3) is 0 Å². The van der Waals surface area contributed by atoms with Crippen molar-refractivity contribution < 1.29 is 14.6 Å². The van der Waals surface area contributed by atoms with E-state index in [2.05, 4.69) is 12.1 Å². The maximum absolute atomic E-state index is 11.7. The first-order chi connectivity index (χ1) is 9.58. The summed E-state index contributed by atoms with van der Waals surface area (Å²) >= 11 is 0. The number of carbonyl (C=O) groups excluding carboxylic acids is 1. The highest BCUT2D eigenvalue weighted by atomic mass is 16.6. The van der Waals surface area contributed by atoms with Crippen molar-refractivity contribution in [2.24, 2.45) is 11.7 Å². The molecular formula is C16H23NO3. The molecule has 1 aromatic carbocycles. The number of rotatable bonds is 2. The predicted octanol–water partition coefficient (Wildman–Crippen LogP) is 1.65. The van der Waals surface area contributed by atoms with Gasteiger partial charge >= 0.3 is 5.97 Å². The lowest BCUT2D eigenvalue weighted by Crippen LogP contribution is -2.39. The number of cyclic esters (lactones) is 1. The topological polar surface area (TPSA) is 72.5 Å². The Kier molecular flexibility index (Phi) is 5.15. The predicted molar refractivity (Wildman–Crippen MR) is 77.0 cm³/mol. The first kappa shape index (κ1) is 15.0. The minimum absolute atomic E-state index is 0.0884. The maximum Gasteiger partial charge on any atom is 0.323 e. The van der Waals surface area contributed by atoms with Gasteiger partial charge in [-0.1, -0.05) is 36.8 Å². The first-order valence-corrected chi connectivity index (χ1v) is 7.26. The highest BCUT2D eigenvalue weighted by Crippen LogP contribution is 2.24. The van der Waals surface area contributed by atoms with E-state index in [0.717, 1.165) is 19.3 Å². The monoisotopic (exact) mass is 277 g/mol. The van der Waals surface area contributed by atoms with E-state index in [4.69, 9.17) is 10.5 Å². The summed E-state index contributed by atoms with van der Waals surface area (Å²) in [5, 5.41) is 10.4. The summed E-state index contributed by atoms with van der Waals surface area (Å²) < 4.78 is 5.25. The fourth-order valence-electron chi connectivity index (χ4n) is 2.75. The molecule has 2 rings (SSSR count). The van der Waals surface area contributed by atoms with Gasteiger partial charge in [-0.3, -0.25) is 4.79 Å². The number of hydrogen-bond acceptors (Lipinski definition) is 4. The van der Waals surface area contributed by atoms with Gasteiger partial charge in [-0.25, -0.2) is 0 Å². The van der Waals surface area contributed by atoms with Crippen LogP contribution in [-0.2, 0) is 16.0 Å². The Morgan fingerprint density at radius 1 is 1.30 bits per heavy atom. The average Bonchev–Trinajstić information content (AvgIpc) is 2.49. The van der Waals surface area contributed by atoms with E-state index >= 15 is 0 Å². The quantitative estimate of drug-likeness (QED) is 0.806. The molecule has 1 heterocycles. The van der Waals surface area contributed by atoms with E-state index in [1.165, 1.54) is 5.56 Å². The van der Waals surface area contributed by atoms with Crippen molar-refractivity contribution in [1.29, 1.82) is 0 Å². The molecule has 0 bridgehead atoms. The van der Waals surface area contributed by atoms with Crippen molar-refractivity contribution in [3.63, 3.8) is 0 Å². The normalized spacial score (nSPS) is 31.9. The zero-order valence-corrected chi connectivity index (χ0v) is 11.9. The van der Waals surface area contributed by atoms with Crippen LogP contribution in [0.3, 0.4) is 0 Å². The lowest BCUT2D eigenvalue weighted by molar-refractivity contribution is -0.156. The minimum atomic E-state index is -0.649. The average molecular weight is 277 g/mol. The minimum Gasteiger partial charge on any atom is -0.459 e. The first-order valence-electron chi connectivity index (χ1n) is 7.26. The van der Waals surface area contributed by atoms with Crippen LogP contribution in [0, 0.1) is 5.92 Å². The number of esters is 1. The van der Waals surface area contributed by atoms with Gasteiger partial charge in [0.25, 0.3) is 0 Å². The zero-order valence-electron chi connectivity index (χ0n) is 11.9. The Morgan fingerprint density at radius 3 is 2.70 bits per heavy atom. The molecule has 0 spiro atoms. The maximum atomic E-state index is 11.7. The van der Waals surface area contributed by atoms with Crippen molar-refractivity contribution in [3.05, 3.63) is 35.9 Å². The van der Waals surface area contributed by atoms with Gasteiger partial charge in [-0.2, -0.15) is 0 Å². The zero-order chi connectivity index (χ0) is 14.5. The van der Waals surface area contributed by atoms with Crippen molar-refractivity contribution in [3.8, 4) is 0 Å². The Balaban J connectivity index is 2.08. The highest BCUT2D eigenvalue weighted by Gasteiger charge is 2.31. The Hall–Kier alpha value is -1.39. The van der Waals surface area contributed by atoms with E-state index < -0.39 is 24.2 Å². The summed E-state index contributed by atoms with van der Waals surface area (Å²) in [5.74, 6) is -0.317. The molecule has 1 aliphatic heterocycles.